The number of aliphatic imine (C=N–C) groups is 1. The summed E-state index contributed by atoms with van der Waals surface area (Å²) >= 11 is 0. The van der Waals surface area contributed by atoms with Crippen LogP contribution in [-0.2, 0) is 0 Å². The SMILES string of the molecule is COc1ccccc1N=C1c2ccccc2-c2ccccc21. The molecule has 3 aromatic carbocycles. The summed E-state index contributed by atoms with van der Waals surface area (Å²) in [7, 11) is 1.68. The molecule has 0 aliphatic heterocycles. The van der Waals surface area contributed by atoms with Gasteiger partial charge in [-0.1, -0.05) is 60.7 Å². The van der Waals surface area contributed by atoms with Crippen molar-refractivity contribution in [3.63, 3.8) is 0 Å². The fraction of sp³-hybridized carbons (Fsp3) is 0.0500. The van der Waals surface area contributed by atoms with Crippen LogP contribution in [0.1, 0.15) is 11.1 Å². The molecule has 0 radical (unpaired) electrons. The zero-order valence-corrected chi connectivity index (χ0v) is 12.3. The Bertz CT molecular complexity index is 833. The molecule has 106 valence electrons. The number of para-hydroxylation sites is 2. The van der Waals surface area contributed by atoms with Crippen LogP contribution in [0.25, 0.3) is 11.1 Å². The number of hydrogen-bond donors (Lipinski definition) is 0. The maximum Gasteiger partial charge on any atom is 0.144 e. The van der Waals surface area contributed by atoms with Crippen molar-refractivity contribution < 1.29 is 4.74 Å². The lowest BCUT2D eigenvalue weighted by atomic mass is 10.1. The van der Waals surface area contributed by atoms with Gasteiger partial charge in [0.1, 0.15) is 11.4 Å². The zero-order valence-electron chi connectivity index (χ0n) is 12.3. The molecule has 0 spiro atoms. The first-order valence-corrected chi connectivity index (χ1v) is 7.29. The van der Waals surface area contributed by atoms with Crippen molar-refractivity contribution >= 4 is 11.4 Å². The minimum atomic E-state index is 0.789. The van der Waals surface area contributed by atoms with Crippen molar-refractivity contribution in [2.45, 2.75) is 0 Å². The highest BCUT2D eigenvalue weighted by Crippen LogP contribution is 2.38. The van der Waals surface area contributed by atoms with Crippen LogP contribution in [0, 0.1) is 0 Å². The van der Waals surface area contributed by atoms with E-state index in [9.17, 15) is 0 Å². The number of fused-ring (bicyclic) bond motifs is 3. The zero-order chi connectivity index (χ0) is 14.9. The number of benzene rings is 3. The maximum atomic E-state index is 5.42. The predicted octanol–water partition coefficient (Wildman–Crippen LogP) is 4.84. The second-order valence-electron chi connectivity index (χ2n) is 5.22. The molecule has 0 heterocycles. The minimum Gasteiger partial charge on any atom is -0.494 e. The van der Waals surface area contributed by atoms with E-state index in [4.69, 9.17) is 9.73 Å². The number of nitrogens with zero attached hydrogens (tertiary/aromatic N) is 1. The standard InChI is InChI=1S/C20H15NO/c1-22-19-13-7-6-12-18(19)21-20-16-10-4-2-8-14(16)15-9-3-5-11-17(15)20/h2-13H,1H3. The van der Waals surface area contributed by atoms with Crippen LogP contribution in [0.5, 0.6) is 5.75 Å². The molecule has 0 amide bonds. The van der Waals surface area contributed by atoms with Crippen LogP contribution in [-0.4, -0.2) is 12.8 Å². The second-order valence-corrected chi connectivity index (χ2v) is 5.22. The van der Waals surface area contributed by atoms with E-state index < -0.39 is 0 Å². The Hall–Kier alpha value is -2.87. The fourth-order valence-electron chi connectivity index (χ4n) is 2.96. The van der Waals surface area contributed by atoms with E-state index in [1.165, 1.54) is 22.3 Å². The molecule has 0 N–H and O–H groups in total. The molecule has 0 saturated heterocycles. The molecule has 3 aromatic rings. The molecule has 1 aliphatic carbocycles. The van der Waals surface area contributed by atoms with Crippen molar-refractivity contribution in [1.29, 1.82) is 0 Å². The van der Waals surface area contributed by atoms with E-state index in [-0.39, 0.29) is 0 Å². The highest BCUT2D eigenvalue weighted by molar-refractivity contribution is 6.25. The summed E-state index contributed by atoms with van der Waals surface area (Å²) in [5.41, 5.74) is 6.70. The predicted molar refractivity (Wildman–Crippen MR) is 90.2 cm³/mol. The summed E-state index contributed by atoms with van der Waals surface area (Å²) in [5.74, 6) is 0.789. The first-order chi connectivity index (χ1) is 10.9. The van der Waals surface area contributed by atoms with E-state index in [0.717, 1.165) is 17.1 Å². The van der Waals surface area contributed by atoms with Crippen molar-refractivity contribution in [2.75, 3.05) is 7.11 Å². The van der Waals surface area contributed by atoms with Gasteiger partial charge in [-0.25, -0.2) is 4.99 Å². The highest BCUT2D eigenvalue weighted by Gasteiger charge is 2.24. The Morgan fingerprint density at radius 2 is 1.14 bits per heavy atom. The maximum absolute atomic E-state index is 5.42. The van der Waals surface area contributed by atoms with E-state index in [1.807, 2.05) is 24.3 Å². The van der Waals surface area contributed by atoms with Gasteiger partial charge < -0.3 is 4.74 Å². The van der Waals surface area contributed by atoms with Crippen molar-refractivity contribution in [2.24, 2.45) is 4.99 Å². The van der Waals surface area contributed by atoms with Crippen molar-refractivity contribution in [1.82, 2.24) is 0 Å². The van der Waals surface area contributed by atoms with E-state index in [0.29, 0.717) is 0 Å². The summed E-state index contributed by atoms with van der Waals surface area (Å²) in [6.45, 7) is 0. The van der Waals surface area contributed by atoms with Gasteiger partial charge >= 0.3 is 0 Å². The fourth-order valence-corrected chi connectivity index (χ4v) is 2.96. The summed E-state index contributed by atoms with van der Waals surface area (Å²) in [6.07, 6.45) is 0. The summed E-state index contributed by atoms with van der Waals surface area (Å²) in [4.78, 5) is 4.90. The molecule has 0 aromatic heterocycles. The Kier molecular flexibility index (Phi) is 3.01. The molecule has 0 atom stereocenters. The average Bonchev–Trinajstić information content (AvgIpc) is 2.90. The van der Waals surface area contributed by atoms with Crippen LogP contribution in [0.2, 0.25) is 0 Å². The highest BCUT2D eigenvalue weighted by atomic mass is 16.5. The van der Waals surface area contributed by atoms with Crippen molar-refractivity contribution in [3.05, 3.63) is 83.9 Å². The Morgan fingerprint density at radius 1 is 0.636 bits per heavy atom. The smallest absolute Gasteiger partial charge is 0.144 e. The van der Waals surface area contributed by atoms with Gasteiger partial charge in [-0.3, -0.25) is 0 Å². The average molecular weight is 285 g/mol. The largest absolute Gasteiger partial charge is 0.494 e. The molecule has 1 aliphatic rings. The summed E-state index contributed by atoms with van der Waals surface area (Å²) in [5, 5.41) is 0. The molecule has 2 heteroatoms. The van der Waals surface area contributed by atoms with Gasteiger partial charge in [0.05, 0.1) is 12.8 Å². The molecule has 22 heavy (non-hydrogen) atoms. The third-order valence-electron chi connectivity index (χ3n) is 3.97. The molecular formula is C20H15NO. The number of ether oxygens (including phenoxy) is 1. The van der Waals surface area contributed by atoms with Gasteiger partial charge in [0, 0.05) is 11.1 Å². The van der Waals surface area contributed by atoms with Gasteiger partial charge in [0.25, 0.3) is 0 Å². The third-order valence-corrected chi connectivity index (χ3v) is 3.97. The summed E-state index contributed by atoms with van der Waals surface area (Å²) in [6, 6.07) is 24.7. The number of rotatable bonds is 2. The van der Waals surface area contributed by atoms with Gasteiger partial charge in [-0.2, -0.15) is 0 Å². The van der Waals surface area contributed by atoms with Crippen LogP contribution in [0.4, 0.5) is 5.69 Å². The number of hydrogen-bond acceptors (Lipinski definition) is 2. The number of methoxy groups -OCH3 is 1. The molecule has 0 unspecified atom stereocenters. The molecular weight excluding hydrogens is 270 g/mol. The van der Waals surface area contributed by atoms with Gasteiger partial charge in [-0.05, 0) is 23.3 Å². The molecule has 0 bridgehead atoms. The Balaban J connectivity index is 1.97. The third kappa shape index (κ3) is 1.92. The lowest BCUT2D eigenvalue weighted by molar-refractivity contribution is 0.416. The van der Waals surface area contributed by atoms with E-state index in [2.05, 4.69) is 48.5 Å². The van der Waals surface area contributed by atoms with Gasteiger partial charge in [0.15, 0.2) is 0 Å². The second kappa shape index (κ2) is 5.15. The van der Waals surface area contributed by atoms with Crippen LogP contribution in [0.15, 0.2) is 77.8 Å². The van der Waals surface area contributed by atoms with Crippen LogP contribution >= 0.6 is 0 Å². The molecule has 0 fully saturated rings. The first-order valence-electron chi connectivity index (χ1n) is 7.29. The Morgan fingerprint density at radius 3 is 1.73 bits per heavy atom. The molecule has 4 rings (SSSR count). The molecule has 0 saturated carbocycles. The quantitative estimate of drug-likeness (QED) is 0.516. The Labute approximate surface area is 129 Å². The first kappa shape index (κ1) is 12.8. The van der Waals surface area contributed by atoms with Crippen LogP contribution < -0.4 is 4.74 Å². The van der Waals surface area contributed by atoms with E-state index >= 15 is 0 Å². The van der Waals surface area contributed by atoms with Gasteiger partial charge in [-0.15, -0.1) is 0 Å². The lowest BCUT2D eigenvalue weighted by Gasteiger charge is -2.06. The van der Waals surface area contributed by atoms with Crippen LogP contribution in [0.3, 0.4) is 0 Å². The minimum absolute atomic E-state index is 0.789. The lowest BCUT2D eigenvalue weighted by Crippen LogP contribution is -1.97. The van der Waals surface area contributed by atoms with Crippen molar-refractivity contribution in [3.8, 4) is 16.9 Å². The summed E-state index contributed by atoms with van der Waals surface area (Å²) < 4.78 is 5.42. The van der Waals surface area contributed by atoms with E-state index in [1.54, 1.807) is 7.11 Å². The topological polar surface area (TPSA) is 21.6 Å². The normalized spacial score (nSPS) is 11.8. The molecule has 2 nitrogen and oxygen atoms in total. The monoisotopic (exact) mass is 285 g/mol. The van der Waals surface area contributed by atoms with Gasteiger partial charge in [0.2, 0.25) is 0 Å².